The largest absolute Gasteiger partial charge is 0.478 e. The third-order valence-electron chi connectivity index (χ3n) is 3.40. The fourth-order valence-corrected chi connectivity index (χ4v) is 2.74. The molecule has 0 saturated carbocycles. The number of nitrogens with zero attached hydrogens (tertiary/aromatic N) is 1. The van der Waals surface area contributed by atoms with E-state index < -0.39 is 5.97 Å². The van der Waals surface area contributed by atoms with Gasteiger partial charge in [-0.2, -0.15) is 0 Å². The predicted octanol–water partition coefficient (Wildman–Crippen LogP) is 3.41. The first kappa shape index (κ1) is 14.8. The summed E-state index contributed by atoms with van der Waals surface area (Å²) in [5.74, 6) is -0.573. The average molecular weight is 341 g/mol. The topological polar surface area (TPSA) is 69.6 Å². The van der Waals surface area contributed by atoms with E-state index in [1.807, 2.05) is 0 Å². The molecule has 2 N–H and O–H groups in total. The first-order valence-electron chi connectivity index (χ1n) is 6.56. The van der Waals surface area contributed by atoms with E-state index in [1.54, 1.807) is 17.0 Å². The highest BCUT2D eigenvalue weighted by Crippen LogP contribution is 2.23. The molecule has 2 amide bonds. The number of carbonyl (C=O) groups excluding carboxylic acids is 1. The van der Waals surface area contributed by atoms with Crippen LogP contribution in [0, 0.1) is 5.92 Å². The fraction of sp³-hybridized carbons (Fsp3) is 0.429. The van der Waals surface area contributed by atoms with E-state index in [0.29, 0.717) is 24.7 Å². The summed E-state index contributed by atoms with van der Waals surface area (Å²) in [6.45, 7) is 3.54. The van der Waals surface area contributed by atoms with E-state index in [9.17, 15) is 9.59 Å². The van der Waals surface area contributed by atoms with Gasteiger partial charge in [0.25, 0.3) is 0 Å². The molecule has 1 heterocycles. The molecule has 0 aromatic heterocycles. The number of benzene rings is 1. The van der Waals surface area contributed by atoms with Gasteiger partial charge in [0, 0.05) is 17.6 Å². The maximum Gasteiger partial charge on any atom is 0.337 e. The van der Waals surface area contributed by atoms with E-state index in [4.69, 9.17) is 5.11 Å². The lowest BCUT2D eigenvalue weighted by atomic mass is 10.0. The zero-order valence-corrected chi connectivity index (χ0v) is 12.8. The summed E-state index contributed by atoms with van der Waals surface area (Å²) in [6.07, 6.45) is 2.11. The van der Waals surface area contributed by atoms with Crippen LogP contribution >= 0.6 is 15.9 Å². The Morgan fingerprint density at radius 1 is 1.45 bits per heavy atom. The van der Waals surface area contributed by atoms with Crippen molar-refractivity contribution in [3.63, 3.8) is 0 Å². The number of carbonyl (C=O) groups is 2. The van der Waals surface area contributed by atoms with Gasteiger partial charge in [-0.3, -0.25) is 0 Å². The zero-order chi connectivity index (χ0) is 14.7. The maximum absolute atomic E-state index is 12.2. The van der Waals surface area contributed by atoms with Gasteiger partial charge >= 0.3 is 12.0 Å². The number of nitrogens with one attached hydrogen (secondary N) is 1. The monoisotopic (exact) mass is 340 g/mol. The lowest BCUT2D eigenvalue weighted by Crippen LogP contribution is -2.41. The molecule has 0 radical (unpaired) electrons. The second kappa shape index (κ2) is 6.26. The number of carboxylic acid groups (broad SMARTS) is 1. The molecule has 1 fully saturated rings. The molecule has 1 aromatic carbocycles. The van der Waals surface area contributed by atoms with E-state index in [1.165, 1.54) is 6.07 Å². The standard InChI is InChI=1S/C14H17BrN2O3/c1-9-3-2-6-17(8-9)14(20)16-12-7-10(15)4-5-11(12)13(18)19/h4-5,7,9H,2-3,6,8H2,1H3,(H,16,20)(H,18,19). The highest BCUT2D eigenvalue weighted by molar-refractivity contribution is 9.10. The van der Waals surface area contributed by atoms with Crippen LogP contribution in [0.4, 0.5) is 10.5 Å². The number of amides is 2. The summed E-state index contributed by atoms with van der Waals surface area (Å²) in [5, 5.41) is 11.8. The van der Waals surface area contributed by atoms with Crippen molar-refractivity contribution in [2.45, 2.75) is 19.8 Å². The van der Waals surface area contributed by atoms with Crippen LogP contribution in [0.2, 0.25) is 0 Å². The number of halogens is 1. The second-order valence-corrected chi connectivity index (χ2v) is 6.03. The smallest absolute Gasteiger partial charge is 0.337 e. The summed E-state index contributed by atoms with van der Waals surface area (Å²) < 4.78 is 0.727. The van der Waals surface area contributed by atoms with Gasteiger partial charge < -0.3 is 15.3 Å². The molecule has 0 bridgehead atoms. The number of aromatic carboxylic acids is 1. The normalized spacial score (nSPS) is 18.7. The van der Waals surface area contributed by atoms with Crippen LogP contribution in [0.15, 0.2) is 22.7 Å². The van der Waals surface area contributed by atoms with E-state index in [2.05, 4.69) is 28.2 Å². The van der Waals surface area contributed by atoms with Crippen molar-refractivity contribution in [2.75, 3.05) is 18.4 Å². The van der Waals surface area contributed by atoms with Gasteiger partial charge in [0.05, 0.1) is 11.3 Å². The van der Waals surface area contributed by atoms with Crippen molar-refractivity contribution in [1.29, 1.82) is 0 Å². The Labute approximate surface area is 126 Å². The minimum atomic E-state index is -1.06. The molecule has 6 heteroatoms. The molecule has 0 aliphatic carbocycles. The van der Waals surface area contributed by atoms with E-state index in [-0.39, 0.29) is 11.6 Å². The Hall–Kier alpha value is -1.56. The van der Waals surface area contributed by atoms with Crippen LogP contribution in [0.1, 0.15) is 30.1 Å². The molecule has 1 saturated heterocycles. The van der Waals surface area contributed by atoms with Crippen molar-refractivity contribution < 1.29 is 14.7 Å². The van der Waals surface area contributed by atoms with Crippen LogP contribution in [-0.4, -0.2) is 35.1 Å². The Balaban J connectivity index is 2.14. The van der Waals surface area contributed by atoms with Gasteiger partial charge in [0.15, 0.2) is 0 Å². The molecule has 20 heavy (non-hydrogen) atoms. The number of likely N-dealkylation sites (tertiary alicyclic amines) is 1. The SMILES string of the molecule is CC1CCCN(C(=O)Nc2cc(Br)ccc2C(=O)O)C1. The summed E-state index contributed by atoms with van der Waals surface area (Å²) in [6, 6.07) is 4.48. The van der Waals surface area contributed by atoms with Gasteiger partial charge in [-0.1, -0.05) is 22.9 Å². The first-order valence-corrected chi connectivity index (χ1v) is 7.35. The van der Waals surface area contributed by atoms with Crippen LogP contribution < -0.4 is 5.32 Å². The number of hydrogen-bond acceptors (Lipinski definition) is 2. The molecule has 1 unspecified atom stereocenters. The minimum absolute atomic E-state index is 0.0895. The molecule has 1 aliphatic heterocycles. The highest BCUT2D eigenvalue weighted by Gasteiger charge is 2.22. The summed E-state index contributed by atoms with van der Waals surface area (Å²) in [7, 11) is 0. The molecule has 108 valence electrons. The van der Waals surface area contributed by atoms with E-state index in [0.717, 1.165) is 17.3 Å². The second-order valence-electron chi connectivity index (χ2n) is 5.12. The maximum atomic E-state index is 12.2. The lowest BCUT2D eigenvalue weighted by molar-refractivity contribution is 0.0698. The van der Waals surface area contributed by atoms with Gasteiger partial charge in [-0.05, 0) is 37.0 Å². The zero-order valence-electron chi connectivity index (χ0n) is 11.2. The Bertz CT molecular complexity index is 533. The molecular formula is C14H17BrN2O3. The Kier molecular flexibility index (Phi) is 4.65. The van der Waals surface area contributed by atoms with Crippen LogP contribution in [0.3, 0.4) is 0 Å². The van der Waals surface area contributed by atoms with Crippen molar-refractivity contribution in [1.82, 2.24) is 4.90 Å². The average Bonchev–Trinajstić information content (AvgIpc) is 2.38. The molecule has 0 spiro atoms. The van der Waals surface area contributed by atoms with Gasteiger partial charge in [-0.15, -0.1) is 0 Å². The third kappa shape index (κ3) is 3.50. The number of carboxylic acids is 1. The summed E-state index contributed by atoms with van der Waals surface area (Å²) >= 11 is 3.28. The van der Waals surface area contributed by atoms with Gasteiger partial charge in [-0.25, -0.2) is 9.59 Å². The summed E-state index contributed by atoms with van der Waals surface area (Å²) in [4.78, 5) is 25.1. The number of hydrogen-bond donors (Lipinski definition) is 2. The quantitative estimate of drug-likeness (QED) is 0.866. The van der Waals surface area contributed by atoms with Crippen molar-refractivity contribution in [3.8, 4) is 0 Å². The number of urea groups is 1. The van der Waals surface area contributed by atoms with Crippen LogP contribution in [0.25, 0.3) is 0 Å². The number of anilines is 1. The van der Waals surface area contributed by atoms with Gasteiger partial charge in [0.1, 0.15) is 0 Å². The first-order chi connectivity index (χ1) is 9.47. The summed E-state index contributed by atoms with van der Waals surface area (Å²) in [5.41, 5.74) is 0.404. The Morgan fingerprint density at radius 3 is 2.85 bits per heavy atom. The van der Waals surface area contributed by atoms with Crippen LogP contribution in [-0.2, 0) is 0 Å². The third-order valence-corrected chi connectivity index (χ3v) is 3.89. The van der Waals surface area contributed by atoms with Crippen LogP contribution in [0.5, 0.6) is 0 Å². The fourth-order valence-electron chi connectivity index (χ4n) is 2.37. The Morgan fingerprint density at radius 2 is 2.20 bits per heavy atom. The number of rotatable bonds is 2. The predicted molar refractivity (Wildman–Crippen MR) is 80.1 cm³/mol. The molecule has 5 nitrogen and oxygen atoms in total. The molecule has 1 atom stereocenters. The lowest BCUT2D eigenvalue weighted by Gasteiger charge is -2.31. The van der Waals surface area contributed by atoms with Gasteiger partial charge in [0.2, 0.25) is 0 Å². The molecule has 1 aliphatic rings. The van der Waals surface area contributed by atoms with Crippen molar-refractivity contribution in [3.05, 3.63) is 28.2 Å². The molecule has 2 rings (SSSR count). The molecular weight excluding hydrogens is 324 g/mol. The van der Waals surface area contributed by atoms with Crippen molar-refractivity contribution in [2.24, 2.45) is 5.92 Å². The highest BCUT2D eigenvalue weighted by atomic mass is 79.9. The van der Waals surface area contributed by atoms with Crippen molar-refractivity contribution >= 4 is 33.6 Å². The molecule has 1 aromatic rings. The number of piperidine rings is 1. The van der Waals surface area contributed by atoms with E-state index >= 15 is 0 Å². The minimum Gasteiger partial charge on any atom is -0.478 e.